The van der Waals surface area contributed by atoms with Gasteiger partial charge in [0.1, 0.15) is 5.52 Å². The second-order valence-corrected chi connectivity index (χ2v) is 6.49. The average molecular weight is 273 g/mol. The van der Waals surface area contributed by atoms with Crippen LogP contribution in [0, 0.1) is 0 Å². The van der Waals surface area contributed by atoms with Crippen molar-refractivity contribution < 1.29 is 4.42 Å². The fourth-order valence-electron chi connectivity index (χ4n) is 2.70. The Morgan fingerprint density at radius 3 is 2.85 bits per heavy atom. The molecule has 3 rings (SSSR count). The molecule has 1 aromatic carbocycles. The molecule has 0 aliphatic carbocycles. The molecule has 1 N–H and O–H groups in total. The van der Waals surface area contributed by atoms with Crippen molar-refractivity contribution in [2.75, 3.05) is 31.1 Å². The zero-order valence-corrected chi connectivity index (χ0v) is 12.6. The number of nitrogens with one attached hydrogen (secondary N) is 1. The third-order valence-corrected chi connectivity index (χ3v) is 3.82. The summed E-state index contributed by atoms with van der Waals surface area (Å²) in [5.41, 5.74) is 3.19. The maximum atomic E-state index is 6.11. The second-order valence-electron chi connectivity index (χ2n) is 6.49. The molecule has 0 radical (unpaired) electrons. The lowest BCUT2D eigenvalue weighted by Crippen LogP contribution is -2.27. The van der Waals surface area contributed by atoms with Crippen LogP contribution < -0.4 is 10.2 Å². The molecule has 1 saturated heterocycles. The normalized spacial score (nSPS) is 17.4. The molecule has 20 heavy (non-hydrogen) atoms. The molecule has 0 unspecified atom stereocenters. The van der Waals surface area contributed by atoms with Crippen molar-refractivity contribution in [3.8, 4) is 0 Å². The lowest BCUT2D eigenvalue weighted by atomic mass is 9.86. The Bertz CT molecular complexity index is 589. The summed E-state index contributed by atoms with van der Waals surface area (Å²) < 4.78 is 6.11. The summed E-state index contributed by atoms with van der Waals surface area (Å²) in [5.74, 6) is 0. The summed E-state index contributed by atoms with van der Waals surface area (Å²) in [5, 5.41) is 3.41. The fraction of sp³-hybridized carbons (Fsp3) is 0.562. The molecule has 4 heteroatoms. The molecule has 1 aliphatic heterocycles. The Morgan fingerprint density at radius 1 is 1.20 bits per heavy atom. The lowest BCUT2D eigenvalue weighted by Gasteiger charge is -2.19. The zero-order valence-electron chi connectivity index (χ0n) is 12.6. The molecular formula is C16H23N3O. The summed E-state index contributed by atoms with van der Waals surface area (Å²) in [4.78, 5) is 6.93. The van der Waals surface area contributed by atoms with Gasteiger partial charge < -0.3 is 14.6 Å². The van der Waals surface area contributed by atoms with Gasteiger partial charge >= 0.3 is 0 Å². The average Bonchev–Trinajstić information content (AvgIpc) is 2.64. The number of aromatic nitrogens is 1. The first-order valence-corrected chi connectivity index (χ1v) is 7.41. The van der Waals surface area contributed by atoms with E-state index in [1.54, 1.807) is 0 Å². The molecule has 1 aliphatic rings. The van der Waals surface area contributed by atoms with Crippen molar-refractivity contribution in [2.45, 2.75) is 32.6 Å². The molecule has 0 atom stereocenters. The molecule has 4 nitrogen and oxygen atoms in total. The topological polar surface area (TPSA) is 41.3 Å². The standard InChI is InChI=1S/C16H23N3O/c1-16(2,3)12-6-4-7-13-14(12)20-15(18-13)19-10-5-8-17-9-11-19/h4,6-7,17H,5,8-11H2,1-3H3. The summed E-state index contributed by atoms with van der Waals surface area (Å²) in [6.07, 6.45) is 1.13. The van der Waals surface area contributed by atoms with Gasteiger partial charge in [0.25, 0.3) is 6.01 Å². The van der Waals surface area contributed by atoms with Gasteiger partial charge in [-0.25, -0.2) is 0 Å². The third-order valence-electron chi connectivity index (χ3n) is 3.82. The SMILES string of the molecule is CC(C)(C)c1cccc2nc(N3CCCNCC3)oc12. The van der Waals surface area contributed by atoms with Gasteiger partial charge in [0.2, 0.25) is 0 Å². The number of rotatable bonds is 1. The van der Waals surface area contributed by atoms with Gasteiger partial charge in [0.05, 0.1) is 0 Å². The first-order chi connectivity index (χ1) is 9.55. The van der Waals surface area contributed by atoms with Crippen molar-refractivity contribution in [3.63, 3.8) is 0 Å². The van der Waals surface area contributed by atoms with Gasteiger partial charge in [-0.05, 0) is 24.4 Å². The highest BCUT2D eigenvalue weighted by Gasteiger charge is 2.22. The van der Waals surface area contributed by atoms with Crippen LogP contribution in [0.3, 0.4) is 0 Å². The first kappa shape index (κ1) is 13.4. The molecule has 0 amide bonds. The highest BCUT2D eigenvalue weighted by molar-refractivity contribution is 5.79. The van der Waals surface area contributed by atoms with E-state index in [9.17, 15) is 0 Å². The molecular weight excluding hydrogens is 250 g/mol. The van der Waals surface area contributed by atoms with Crippen LogP contribution in [0.15, 0.2) is 22.6 Å². The quantitative estimate of drug-likeness (QED) is 0.867. The molecule has 1 fully saturated rings. The largest absolute Gasteiger partial charge is 0.423 e. The highest BCUT2D eigenvalue weighted by Crippen LogP contribution is 2.32. The zero-order chi connectivity index (χ0) is 14.2. The van der Waals surface area contributed by atoms with Gasteiger partial charge in [0.15, 0.2) is 5.58 Å². The van der Waals surface area contributed by atoms with Crippen LogP contribution in [0.1, 0.15) is 32.8 Å². The Balaban J connectivity index is 2.02. The van der Waals surface area contributed by atoms with Gasteiger partial charge in [-0.15, -0.1) is 0 Å². The van der Waals surface area contributed by atoms with E-state index in [4.69, 9.17) is 4.42 Å². The van der Waals surface area contributed by atoms with E-state index in [-0.39, 0.29) is 5.41 Å². The Hall–Kier alpha value is -1.55. The maximum Gasteiger partial charge on any atom is 0.298 e. The van der Waals surface area contributed by atoms with E-state index in [0.717, 1.165) is 49.7 Å². The van der Waals surface area contributed by atoms with Crippen LogP contribution in [-0.2, 0) is 5.41 Å². The van der Waals surface area contributed by atoms with Crippen LogP contribution in [0.4, 0.5) is 6.01 Å². The highest BCUT2D eigenvalue weighted by atomic mass is 16.4. The Kier molecular flexibility index (Phi) is 3.42. The van der Waals surface area contributed by atoms with Gasteiger partial charge in [-0.1, -0.05) is 32.9 Å². The number of hydrogen-bond donors (Lipinski definition) is 1. The predicted octanol–water partition coefficient (Wildman–Crippen LogP) is 2.93. The van der Waals surface area contributed by atoms with Crippen molar-refractivity contribution in [1.82, 2.24) is 10.3 Å². The predicted molar refractivity (Wildman–Crippen MR) is 82.4 cm³/mol. The number of oxazole rings is 1. The van der Waals surface area contributed by atoms with Crippen LogP contribution in [0.2, 0.25) is 0 Å². The van der Waals surface area contributed by atoms with Crippen molar-refractivity contribution in [2.24, 2.45) is 0 Å². The van der Waals surface area contributed by atoms with E-state index in [0.29, 0.717) is 0 Å². The first-order valence-electron chi connectivity index (χ1n) is 7.41. The molecule has 0 bridgehead atoms. The van der Waals surface area contributed by atoms with E-state index in [1.165, 1.54) is 5.56 Å². The summed E-state index contributed by atoms with van der Waals surface area (Å²) >= 11 is 0. The molecule has 0 saturated carbocycles. The number of fused-ring (bicyclic) bond motifs is 1. The molecule has 108 valence electrons. The number of para-hydroxylation sites is 1. The maximum absolute atomic E-state index is 6.11. The van der Waals surface area contributed by atoms with Gasteiger partial charge in [0, 0.05) is 25.2 Å². The van der Waals surface area contributed by atoms with Crippen LogP contribution in [0.25, 0.3) is 11.1 Å². The fourth-order valence-corrected chi connectivity index (χ4v) is 2.70. The monoisotopic (exact) mass is 273 g/mol. The van der Waals surface area contributed by atoms with Crippen LogP contribution >= 0.6 is 0 Å². The van der Waals surface area contributed by atoms with Crippen molar-refractivity contribution in [1.29, 1.82) is 0 Å². The lowest BCUT2D eigenvalue weighted by molar-refractivity contribution is 0.542. The minimum atomic E-state index is 0.0661. The van der Waals surface area contributed by atoms with E-state index in [1.807, 2.05) is 6.07 Å². The third kappa shape index (κ3) is 2.52. The molecule has 0 spiro atoms. The second kappa shape index (κ2) is 5.09. The summed E-state index contributed by atoms with van der Waals surface area (Å²) in [6, 6.07) is 7.01. The molecule has 1 aromatic heterocycles. The number of benzene rings is 1. The minimum Gasteiger partial charge on any atom is -0.423 e. The Morgan fingerprint density at radius 2 is 2.05 bits per heavy atom. The number of nitrogens with zero attached hydrogens (tertiary/aromatic N) is 2. The van der Waals surface area contributed by atoms with Crippen LogP contribution in [-0.4, -0.2) is 31.2 Å². The van der Waals surface area contributed by atoms with E-state index < -0.39 is 0 Å². The van der Waals surface area contributed by atoms with Crippen molar-refractivity contribution >= 4 is 17.1 Å². The van der Waals surface area contributed by atoms with E-state index >= 15 is 0 Å². The summed E-state index contributed by atoms with van der Waals surface area (Å²) in [7, 11) is 0. The summed E-state index contributed by atoms with van der Waals surface area (Å²) in [6.45, 7) is 10.6. The van der Waals surface area contributed by atoms with Gasteiger partial charge in [-0.3, -0.25) is 0 Å². The number of hydrogen-bond acceptors (Lipinski definition) is 4. The van der Waals surface area contributed by atoms with Crippen molar-refractivity contribution in [3.05, 3.63) is 23.8 Å². The molecule has 2 aromatic rings. The minimum absolute atomic E-state index is 0.0661. The Labute approximate surface area is 120 Å². The van der Waals surface area contributed by atoms with Crippen LogP contribution in [0.5, 0.6) is 0 Å². The number of anilines is 1. The molecule has 2 heterocycles. The van der Waals surface area contributed by atoms with E-state index in [2.05, 4.69) is 48.1 Å². The van der Waals surface area contributed by atoms with Gasteiger partial charge in [-0.2, -0.15) is 4.98 Å². The smallest absolute Gasteiger partial charge is 0.298 e.